The average Bonchev–Trinajstić information content (AvgIpc) is 3.40. The highest BCUT2D eigenvalue weighted by atomic mass is 19.1. The molecule has 1 unspecified atom stereocenters. The molecule has 9 nitrogen and oxygen atoms in total. The first-order valence-corrected chi connectivity index (χ1v) is 9.09. The maximum Gasteiger partial charge on any atom is 0.182 e. The van der Waals surface area contributed by atoms with Crippen LogP contribution in [0.15, 0.2) is 49.3 Å². The van der Waals surface area contributed by atoms with Crippen molar-refractivity contribution in [2.75, 3.05) is 5.32 Å². The van der Waals surface area contributed by atoms with Crippen LogP contribution in [0.1, 0.15) is 24.4 Å². The number of H-pyrrole nitrogens is 1. The van der Waals surface area contributed by atoms with E-state index >= 15 is 0 Å². The van der Waals surface area contributed by atoms with Gasteiger partial charge in [0.05, 0.1) is 35.3 Å². The minimum Gasteiger partial charge on any atom is -0.358 e. The van der Waals surface area contributed by atoms with Crippen molar-refractivity contribution in [3.8, 4) is 11.8 Å². The van der Waals surface area contributed by atoms with Crippen LogP contribution < -0.4 is 5.32 Å². The van der Waals surface area contributed by atoms with Gasteiger partial charge in [0, 0.05) is 6.20 Å². The number of anilines is 1. The lowest BCUT2D eigenvalue weighted by Gasteiger charge is -2.17. The number of nitrogens with zero attached hydrogens (tertiary/aromatic N) is 7. The second-order valence-corrected chi connectivity index (χ2v) is 6.61. The number of aromatic amines is 1. The van der Waals surface area contributed by atoms with E-state index in [1.54, 1.807) is 35.4 Å². The zero-order valence-electron chi connectivity index (χ0n) is 15.7. The molecule has 5 rings (SSSR count). The number of benzene rings is 1. The van der Waals surface area contributed by atoms with E-state index in [4.69, 9.17) is 0 Å². The highest BCUT2D eigenvalue weighted by Gasteiger charge is 2.23. The molecule has 0 aliphatic heterocycles. The Morgan fingerprint density at radius 2 is 2.13 bits per heavy atom. The van der Waals surface area contributed by atoms with E-state index in [1.807, 2.05) is 19.1 Å². The molecule has 0 aliphatic rings. The monoisotopic (exact) mass is 399 g/mol. The molecule has 1 aromatic carbocycles. The Bertz CT molecular complexity index is 1420. The van der Waals surface area contributed by atoms with Gasteiger partial charge in [0.2, 0.25) is 0 Å². The van der Waals surface area contributed by atoms with Crippen molar-refractivity contribution in [2.45, 2.75) is 13.0 Å². The van der Waals surface area contributed by atoms with E-state index in [9.17, 15) is 9.65 Å². The van der Waals surface area contributed by atoms with Crippen LogP contribution in [-0.4, -0.2) is 34.5 Å². The molecule has 0 fully saturated rings. The topological polar surface area (TPSA) is 121 Å². The van der Waals surface area contributed by atoms with Crippen LogP contribution in [0.25, 0.3) is 27.9 Å². The highest BCUT2D eigenvalue weighted by molar-refractivity contribution is 5.85. The first kappa shape index (κ1) is 17.7. The fourth-order valence-electron chi connectivity index (χ4n) is 3.45. The number of rotatable bonds is 4. The van der Waals surface area contributed by atoms with Crippen LogP contribution in [0.5, 0.6) is 0 Å². The van der Waals surface area contributed by atoms with Crippen molar-refractivity contribution in [1.82, 2.24) is 34.5 Å². The van der Waals surface area contributed by atoms with Crippen molar-refractivity contribution in [3.63, 3.8) is 0 Å². The van der Waals surface area contributed by atoms with Gasteiger partial charge in [0.25, 0.3) is 0 Å². The van der Waals surface area contributed by atoms with E-state index in [-0.39, 0.29) is 11.6 Å². The van der Waals surface area contributed by atoms with Gasteiger partial charge in [-0.25, -0.2) is 24.3 Å². The molecule has 0 aliphatic carbocycles. The van der Waals surface area contributed by atoms with E-state index in [0.717, 1.165) is 0 Å². The zero-order valence-corrected chi connectivity index (χ0v) is 15.7. The zero-order chi connectivity index (χ0) is 20.7. The van der Waals surface area contributed by atoms with Gasteiger partial charge in [-0.3, -0.25) is 9.55 Å². The lowest BCUT2D eigenvalue weighted by Crippen LogP contribution is -2.14. The van der Waals surface area contributed by atoms with Crippen molar-refractivity contribution >= 4 is 28.0 Å². The molecular weight excluding hydrogens is 385 g/mol. The van der Waals surface area contributed by atoms with E-state index in [1.165, 1.54) is 12.4 Å². The largest absolute Gasteiger partial charge is 0.358 e. The fraction of sp³-hybridized carbons (Fsp3) is 0.100. The summed E-state index contributed by atoms with van der Waals surface area (Å²) >= 11 is 0. The molecule has 10 heteroatoms. The van der Waals surface area contributed by atoms with Gasteiger partial charge in [-0.2, -0.15) is 5.26 Å². The molecule has 5 aromatic rings. The number of halogens is 1. The minimum atomic E-state index is -0.600. The molecule has 0 amide bonds. The minimum absolute atomic E-state index is 0.0692. The van der Waals surface area contributed by atoms with Crippen LogP contribution in [0, 0.1) is 17.1 Å². The maximum absolute atomic E-state index is 14.4. The molecule has 0 saturated carbocycles. The molecule has 1 atom stereocenters. The molecule has 146 valence electrons. The standard InChI is InChI=1S/C20H14FN9/c1-11(28-19-16-18(25-9-24-16)26-10-27-19)20-29-15-5-4-14(21)13(7-22)17(15)30(20)12-3-2-6-23-8-12/h2-6,8-11H,1H3,(H2,24,25,26,27,28). The Morgan fingerprint density at radius 3 is 2.93 bits per heavy atom. The number of pyridine rings is 1. The summed E-state index contributed by atoms with van der Waals surface area (Å²) < 4.78 is 16.1. The Morgan fingerprint density at radius 1 is 1.23 bits per heavy atom. The van der Waals surface area contributed by atoms with E-state index in [2.05, 4.69) is 35.2 Å². The number of aromatic nitrogens is 7. The molecule has 0 saturated heterocycles. The Hall–Kier alpha value is -4.39. The molecule has 30 heavy (non-hydrogen) atoms. The molecular formula is C20H14FN9. The van der Waals surface area contributed by atoms with Gasteiger partial charge in [0.15, 0.2) is 11.5 Å². The van der Waals surface area contributed by atoms with Gasteiger partial charge >= 0.3 is 0 Å². The van der Waals surface area contributed by atoms with E-state index < -0.39 is 5.82 Å². The molecule has 0 radical (unpaired) electrons. The average molecular weight is 399 g/mol. The first-order chi connectivity index (χ1) is 14.7. The molecule has 4 heterocycles. The molecule has 0 spiro atoms. The van der Waals surface area contributed by atoms with Crippen molar-refractivity contribution in [2.24, 2.45) is 0 Å². The normalized spacial score (nSPS) is 12.2. The summed E-state index contributed by atoms with van der Waals surface area (Å²) in [6.07, 6.45) is 6.25. The Kier molecular flexibility index (Phi) is 4.07. The third-order valence-corrected chi connectivity index (χ3v) is 4.77. The van der Waals surface area contributed by atoms with Gasteiger partial charge in [0.1, 0.15) is 35.1 Å². The van der Waals surface area contributed by atoms with Crippen LogP contribution >= 0.6 is 0 Å². The van der Waals surface area contributed by atoms with Crippen molar-refractivity contribution in [1.29, 1.82) is 5.26 Å². The Balaban J connectivity index is 1.71. The van der Waals surface area contributed by atoms with Crippen LogP contribution in [0.3, 0.4) is 0 Å². The number of fused-ring (bicyclic) bond motifs is 2. The highest BCUT2D eigenvalue weighted by Crippen LogP contribution is 2.30. The van der Waals surface area contributed by atoms with Gasteiger partial charge in [-0.1, -0.05) is 0 Å². The second-order valence-electron chi connectivity index (χ2n) is 6.61. The van der Waals surface area contributed by atoms with E-state index in [0.29, 0.717) is 39.5 Å². The summed E-state index contributed by atoms with van der Waals surface area (Å²) in [6, 6.07) is 8.02. The first-order valence-electron chi connectivity index (χ1n) is 9.09. The molecule has 4 aromatic heterocycles. The van der Waals surface area contributed by atoms with Gasteiger partial charge < -0.3 is 10.3 Å². The molecule has 2 N–H and O–H groups in total. The van der Waals surface area contributed by atoms with Gasteiger partial charge in [-0.05, 0) is 31.2 Å². The summed E-state index contributed by atoms with van der Waals surface area (Å²) in [7, 11) is 0. The van der Waals surface area contributed by atoms with Crippen molar-refractivity contribution in [3.05, 3.63) is 66.5 Å². The number of hydrogen-bond donors (Lipinski definition) is 2. The molecule has 0 bridgehead atoms. The quantitative estimate of drug-likeness (QED) is 0.476. The Labute approximate surface area is 169 Å². The summed E-state index contributed by atoms with van der Waals surface area (Å²) in [5.74, 6) is 0.532. The summed E-state index contributed by atoms with van der Waals surface area (Å²) in [5.41, 5.74) is 2.70. The summed E-state index contributed by atoms with van der Waals surface area (Å²) in [4.78, 5) is 24.4. The SMILES string of the molecule is CC(Nc1ncnc2nc[nH]c12)c1nc2ccc(F)c(C#N)c2n1-c1cccnc1. The number of nitrogens with one attached hydrogen (secondary N) is 2. The van der Waals surface area contributed by atoms with Gasteiger partial charge in [-0.15, -0.1) is 0 Å². The van der Waals surface area contributed by atoms with Crippen LogP contribution in [0.4, 0.5) is 10.2 Å². The predicted molar refractivity (Wildman–Crippen MR) is 107 cm³/mol. The number of hydrogen-bond acceptors (Lipinski definition) is 7. The third kappa shape index (κ3) is 2.72. The summed E-state index contributed by atoms with van der Waals surface area (Å²) in [5, 5.41) is 12.9. The lowest BCUT2D eigenvalue weighted by atomic mass is 10.2. The van der Waals surface area contributed by atoms with Crippen LogP contribution in [0.2, 0.25) is 0 Å². The predicted octanol–water partition coefficient (Wildman–Crippen LogP) is 3.27. The second kappa shape index (κ2) is 6.89. The number of nitriles is 1. The smallest absolute Gasteiger partial charge is 0.182 e. The summed E-state index contributed by atoms with van der Waals surface area (Å²) in [6.45, 7) is 1.90. The van der Waals surface area contributed by atoms with Crippen molar-refractivity contribution < 1.29 is 4.39 Å². The fourth-order valence-corrected chi connectivity index (χ4v) is 3.45. The third-order valence-electron chi connectivity index (χ3n) is 4.77. The lowest BCUT2D eigenvalue weighted by molar-refractivity contribution is 0.625. The number of imidazole rings is 2. The maximum atomic E-state index is 14.4. The van der Waals surface area contributed by atoms with Crippen LogP contribution in [-0.2, 0) is 0 Å².